The smallest absolute Gasteiger partial charge is 0.259 e. The molecule has 0 bridgehead atoms. The van der Waals surface area contributed by atoms with E-state index in [4.69, 9.17) is 0 Å². The molecule has 10 heteroatoms. The molecule has 34 heavy (non-hydrogen) atoms. The predicted molar refractivity (Wildman–Crippen MR) is 125 cm³/mol. The van der Waals surface area contributed by atoms with Crippen molar-refractivity contribution >= 4 is 27.7 Å². The fourth-order valence-corrected chi connectivity index (χ4v) is 6.71. The van der Waals surface area contributed by atoms with Gasteiger partial charge in [-0.1, -0.05) is 38.8 Å². The summed E-state index contributed by atoms with van der Waals surface area (Å²) in [6, 6.07) is -0.670. The molecule has 2 aliphatic heterocycles. The van der Waals surface area contributed by atoms with Gasteiger partial charge in [-0.3, -0.25) is 19.1 Å². The van der Waals surface area contributed by atoms with E-state index in [0.29, 0.717) is 25.8 Å². The highest BCUT2D eigenvalue weighted by molar-refractivity contribution is 7.91. The molecular formula is C24H36FN3O5S. The largest absolute Gasteiger partial charge is 0.339 e. The van der Waals surface area contributed by atoms with Crippen LogP contribution in [-0.4, -0.2) is 60.6 Å². The molecule has 0 aromatic rings. The summed E-state index contributed by atoms with van der Waals surface area (Å²) in [7, 11) is -4.20. The van der Waals surface area contributed by atoms with E-state index < -0.39 is 44.8 Å². The van der Waals surface area contributed by atoms with Crippen molar-refractivity contribution in [1.82, 2.24) is 14.9 Å². The van der Waals surface area contributed by atoms with E-state index in [1.807, 2.05) is 12.2 Å². The van der Waals surface area contributed by atoms with Crippen LogP contribution in [0.2, 0.25) is 0 Å². The van der Waals surface area contributed by atoms with Gasteiger partial charge in [0, 0.05) is 18.9 Å². The van der Waals surface area contributed by atoms with E-state index in [0.717, 1.165) is 19.3 Å². The molecule has 2 aliphatic carbocycles. The van der Waals surface area contributed by atoms with Gasteiger partial charge >= 0.3 is 0 Å². The molecule has 2 saturated carbocycles. The van der Waals surface area contributed by atoms with Gasteiger partial charge in [0.2, 0.25) is 21.8 Å². The van der Waals surface area contributed by atoms with Crippen LogP contribution < -0.4 is 10.0 Å². The molecule has 8 nitrogen and oxygen atoms in total. The van der Waals surface area contributed by atoms with E-state index >= 15 is 0 Å². The Morgan fingerprint density at radius 2 is 1.91 bits per heavy atom. The second-order valence-corrected chi connectivity index (χ2v) is 12.9. The van der Waals surface area contributed by atoms with Crippen LogP contribution in [0.25, 0.3) is 0 Å². The molecule has 5 atom stereocenters. The molecule has 0 radical (unpaired) electrons. The number of nitrogens with one attached hydrogen (secondary N) is 2. The Labute approximate surface area is 201 Å². The summed E-state index contributed by atoms with van der Waals surface area (Å²) in [5.41, 5.74) is -1.41. The molecule has 3 amide bonds. The standard InChI is InChI=1S/C24H36FN3O5S/c1-16-5-3-6-17(2)13-20(29)28-12-4-7-19(28)21(30)26-24(14-18(24)9-8-16)22(31)27-34(32,33)23(15-25)10-11-23/h8-9,16-19H,3-7,10-15H2,1-2H3,(H,26,30)(H,27,31)/b9-8-/t16-,17-,18-,19+,24-/m1/s1. The molecule has 2 heterocycles. The van der Waals surface area contributed by atoms with Crippen LogP contribution in [0.4, 0.5) is 4.39 Å². The number of amides is 3. The van der Waals surface area contributed by atoms with Crippen molar-refractivity contribution < 1.29 is 27.2 Å². The van der Waals surface area contributed by atoms with Crippen molar-refractivity contribution in [3.05, 3.63) is 12.2 Å². The third-order valence-corrected chi connectivity index (χ3v) is 10.2. The van der Waals surface area contributed by atoms with Gasteiger partial charge in [-0.05, 0) is 50.4 Å². The Morgan fingerprint density at radius 1 is 1.18 bits per heavy atom. The van der Waals surface area contributed by atoms with Crippen molar-refractivity contribution in [1.29, 1.82) is 0 Å². The number of alkyl halides is 1. The molecule has 0 aromatic heterocycles. The van der Waals surface area contributed by atoms with Gasteiger partial charge in [0.15, 0.2) is 0 Å². The zero-order valence-corrected chi connectivity index (χ0v) is 20.8. The van der Waals surface area contributed by atoms with Crippen LogP contribution >= 0.6 is 0 Å². The first-order valence-electron chi connectivity index (χ1n) is 12.5. The van der Waals surface area contributed by atoms with E-state index in [1.165, 1.54) is 0 Å². The summed E-state index contributed by atoms with van der Waals surface area (Å²) in [5.74, 6) is -1.20. The number of hydrogen-bond donors (Lipinski definition) is 2. The van der Waals surface area contributed by atoms with Crippen LogP contribution in [0.1, 0.15) is 71.6 Å². The minimum Gasteiger partial charge on any atom is -0.339 e. The minimum absolute atomic E-state index is 0.0572. The van der Waals surface area contributed by atoms with Gasteiger partial charge in [-0.2, -0.15) is 0 Å². The second-order valence-electron chi connectivity index (χ2n) is 10.9. The molecule has 3 fully saturated rings. The maximum absolute atomic E-state index is 13.4. The fraction of sp³-hybridized carbons (Fsp3) is 0.792. The Kier molecular flexibility index (Phi) is 6.83. The molecule has 1 saturated heterocycles. The predicted octanol–water partition coefficient (Wildman–Crippen LogP) is 2.20. The second kappa shape index (κ2) is 9.24. The summed E-state index contributed by atoms with van der Waals surface area (Å²) in [5, 5.41) is 2.81. The van der Waals surface area contributed by atoms with E-state index in [2.05, 4.69) is 23.9 Å². The third kappa shape index (κ3) is 4.75. The lowest BCUT2D eigenvalue weighted by atomic mass is 9.95. The molecule has 190 valence electrons. The highest BCUT2D eigenvalue weighted by atomic mass is 32.2. The first kappa shape index (κ1) is 25.1. The number of nitrogens with zero attached hydrogens (tertiary/aromatic N) is 1. The average molecular weight is 498 g/mol. The number of halogens is 1. The lowest BCUT2D eigenvalue weighted by molar-refractivity contribution is -0.140. The third-order valence-electron chi connectivity index (χ3n) is 8.04. The SMILES string of the molecule is C[C@@H]1CCC[C@@H](C)/C=C\[C@@H]2C[C@@]2(C(=O)NS(=O)(=O)C2(CF)CC2)NC(=O)[C@@H]2CCCN2C(=O)C1. The summed E-state index contributed by atoms with van der Waals surface area (Å²) >= 11 is 0. The van der Waals surface area contributed by atoms with Gasteiger partial charge in [0.25, 0.3) is 5.91 Å². The van der Waals surface area contributed by atoms with E-state index in [1.54, 1.807) is 4.90 Å². The molecule has 0 spiro atoms. The number of hydrogen-bond acceptors (Lipinski definition) is 5. The quantitative estimate of drug-likeness (QED) is 0.579. The first-order valence-corrected chi connectivity index (χ1v) is 13.9. The zero-order valence-electron chi connectivity index (χ0n) is 20.0. The van der Waals surface area contributed by atoms with Crippen LogP contribution in [0.3, 0.4) is 0 Å². The number of allylic oxidation sites excluding steroid dienone is 1. The van der Waals surface area contributed by atoms with Crippen molar-refractivity contribution in [2.24, 2.45) is 17.8 Å². The lowest BCUT2D eigenvalue weighted by Crippen LogP contribution is -2.57. The monoisotopic (exact) mass is 497 g/mol. The van der Waals surface area contributed by atoms with Crippen molar-refractivity contribution in [3.8, 4) is 0 Å². The van der Waals surface area contributed by atoms with Crippen LogP contribution in [0.5, 0.6) is 0 Å². The zero-order chi connectivity index (χ0) is 24.7. The topological polar surface area (TPSA) is 113 Å². The van der Waals surface area contributed by atoms with E-state index in [9.17, 15) is 27.2 Å². The van der Waals surface area contributed by atoms with E-state index in [-0.39, 0.29) is 42.9 Å². The highest BCUT2D eigenvalue weighted by Gasteiger charge is 2.63. The Balaban J connectivity index is 1.58. The Bertz CT molecular complexity index is 979. The number of carbonyl (C=O) groups excluding carboxylic acids is 3. The Morgan fingerprint density at radius 3 is 2.59 bits per heavy atom. The minimum atomic E-state index is -4.20. The van der Waals surface area contributed by atoms with Crippen molar-refractivity contribution in [2.45, 2.75) is 88.0 Å². The van der Waals surface area contributed by atoms with Crippen LogP contribution in [-0.2, 0) is 24.4 Å². The van der Waals surface area contributed by atoms with Crippen LogP contribution in [0.15, 0.2) is 12.2 Å². The van der Waals surface area contributed by atoms with Crippen molar-refractivity contribution in [3.63, 3.8) is 0 Å². The molecule has 0 unspecified atom stereocenters. The van der Waals surface area contributed by atoms with Gasteiger partial charge in [0.05, 0.1) is 0 Å². The summed E-state index contributed by atoms with van der Waals surface area (Å²) in [6.07, 6.45) is 8.94. The maximum Gasteiger partial charge on any atom is 0.259 e. The number of carbonyl (C=O) groups is 3. The highest BCUT2D eigenvalue weighted by Crippen LogP contribution is 2.48. The van der Waals surface area contributed by atoms with Crippen LogP contribution in [0, 0.1) is 17.8 Å². The van der Waals surface area contributed by atoms with Gasteiger partial charge in [0.1, 0.15) is 23.0 Å². The molecule has 4 rings (SSSR count). The van der Waals surface area contributed by atoms with Crippen molar-refractivity contribution in [2.75, 3.05) is 13.2 Å². The first-order chi connectivity index (χ1) is 16.0. The molecule has 4 aliphatic rings. The summed E-state index contributed by atoms with van der Waals surface area (Å²) in [4.78, 5) is 41.1. The molecule has 0 aromatic carbocycles. The van der Waals surface area contributed by atoms with Gasteiger partial charge < -0.3 is 10.2 Å². The fourth-order valence-electron chi connectivity index (χ4n) is 5.28. The number of sulfonamides is 1. The molecular weight excluding hydrogens is 461 g/mol. The lowest BCUT2D eigenvalue weighted by Gasteiger charge is -2.28. The molecule has 2 N–H and O–H groups in total. The normalized spacial score (nSPS) is 36.9. The summed E-state index contributed by atoms with van der Waals surface area (Å²) < 4.78 is 39.3. The Hall–Kier alpha value is -1.97. The number of fused-ring (bicyclic) bond motifs is 2. The number of rotatable bonds is 4. The average Bonchev–Trinajstić information content (AvgIpc) is 3.66. The van der Waals surface area contributed by atoms with Gasteiger partial charge in [-0.25, -0.2) is 12.8 Å². The summed E-state index contributed by atoms with van der Waals surface area (Å²) in [6.45, 7) is 3.58. The van der Waals surface area contributed by atoms with Gasteiger partial charge in [-0.15, -0.1) is 0 Å². The maximum atomic E-state index is 13.4.